The molecule has 0 heterocycles. The smallest absolute Gasteiger partial charge is 0.160 e. The minimum absolute atomic E-state index is 0.147. The van der Waals surface area contributed by atoms with Crippen LogP contribution in [0.15, 0.2) is 48.5 Å². The molecule has 0 N–H and O–H groups in total. The lowest BCUT2D eigenvalue weighted by Crippen LogP contribution is -2.00. The summed E-state index contributed by atoms with van der Waals surface area (Å²) in [5.74, 6) is 0.147. The van der Waals surface area contributed by atoms with Crippen molar-refractivity contribution in [2.24, 2.45) is 0 Å². The van der Waals surface area contributed by atoms with E-state index in [0.717, 1.165) is 12.0 Å². The molecule has 1 aliphatic carbocycles. The lowest BCUT2D eigenvalue weighted by atomic mass is 9.88. The zero-order valence-electron chi connectivity index (χ0n) is 15.2. The predicted molar refractivity (Wildman–Crippen MR) is 104 cm³/mol. The SMILES string of the molecule is CC(=O)c1ccc(-c2cccc(C)c2C)c2c1Cc1cc(C)ccc1-2. The van der Waals surface area contributed by atoms with Gasteiger partial charge in [0.2, 0.25) is 0 Å². The first-order valence-electron chi connectivity index (χ1n) is 8.80. The molecule has 0 aromatic heterocycles. The third kappa shape index (κ3) is 2.42. The summed E-state index contributed by atoms with van der Waals surface area (Å²) in [6.45, 7) is 8.13. The minimum atomic E-state index is 0.147. The van der Waals surface area contributed by atoms with Crippen LogP contribution in [-0.4, -0.2) is 5.78 Å². The van der Waals surface area contributed by atoms with Gasteiger partial charge in [-0.15, -0.1) is 0 Å². The molecule has 0 spiro atoms. The van der Waals surface area contributed by atoms with Gasteiger partial charge in [0, 0.05) is 5.56 Å². The van der Waals surface area contributed by atoms with E-state index in [0.29, 0.717) is 0 Å². The van der Waals surface area contributed by atoms with Crippen molar-refractivity contribution in [2.75, 3.05) is 0 Å². The largest absolute Gasteiger partial charge is 0.295 e. The molecule has 3 aromatic carbocycles. The van der Waals surface area contributed by atoms with Crippen LogP contribution >= 0.6 is 0 Å². The predicted octanol–water partition coefficient (Wildman–Crippen LogP) is 6.05. The summed E-state index contributed by atoms with van der Waals surface area (Å²) in [6.07, 6.45) is 0.847. The topological polar surface area (TPSA) is 17.1 Å². The number of Topliss-reactive ketones (excluding diaryl/α,β-unsaturated/α-hetero) is 1. The standard InChI is InChI=1S/C24H22O/c1-14-8-9-21-18(12-14)13-23-20(17(4)25)10-11-22(24(21)23)19-7-5-6-15(2)16(19)3/h5-12H,13H2,1-4H3. The molecule has 0 saturated heterocycles. The number of carbonyl (C=O) groups excluding carboxylic acids is 1. The summed E-state index contributed by atoms with van der Waals surface area (Å²) in [5, 5.41) is 0. The Balaban J connectivity index is 2.06. The number of ketones is 1. The minimum Gasteiger partial charge on any atom is -0.295 e. The van der Waals surface area contributed by atoms with Crippen molar-refractivity contribution >= 4 is 5.78 Å². The van der Waals surface area contributed by atoms with Crippen molar-refractivity contribution in [1.29, 1.82) is 0 Å². The molecule has 1 aliphatic rings. The molecule has 0 amide bonds. The fourth-order valence-corrected chi connectivity index (χ4v) is 4.04. The second-order valence-electron chi connectivity index (χ2n) is 7.16. The fourth-order valence-electron chi connectivity index (χ4n) is 4.04. The van der Waals surface area contributed by atoms with E-state index in [1.54, 1.807) is 6.92 Å². The van der Waals surface area contributed by atoms with Gasteiger partial charge in [0.25, 0.3) is 0 Å². The lowest BCUT2D eigenvalue weighted by molar-refractivity contribution is 0.101. The van der Waals surface area contributed by atoms with E-state index in [4.69, 9.17) is 0 Å². The van der Waals surface area contributed by atoms with E-state index in [9.17, 15) is 4.79 Å². The summed E-state index contributed by atoms with van der Waals surface area (Å²) < 4.78 is 0. The Hall–Kier alpha value is -2.67. The van der Waals surface area contributed by atoms with Crippen molar-refractivity contribution in [1.82, 2.24) is 0 Å². The maximum absolute atomic E-state index is 12.2. The molecule has 0 aliphatic heterocycles. The van der Waals surface area contributed by atoms with E-state index in [-0.39, 0.29) is 5.78 Å². The van der Waals surface area contributed by atoms with Crippen LogP contribution in [0.25, 0.3) is 22.3 Å². The first kappa shape index (κ1) is 15.8. The van der Waals surface area contributed by atoms with Crippen LogP contribution in [0.1, 0.15) is 45.1 Å². The first-order valence-corrected chi connectivity index (χ1v) is 8.80. The van der Waals surface area contributed by atoms with Gasteiger partial charge in [0.15, 0.2) is 5.78 Å². The van der Waals surface area contributed by atoms with Gasteiger partial charge in [-0.1, -0.05) is 54.1 Å². The molecule has 124 valence electrons. The highest BCUT2D eigenvalue weighted by Gasteiger charge is 2.26. The average molecular weight is 326 g/mol. The summed E-state index contributed by atoms with van der Waals surface area (Å²) >= 11 is 0. The van der Waals surface area contributed by atoms with Crippen molar-refractivity contribution in [2.45, 2.75) is 34.1 Å². The molecule has 3 aromatic rings. The van der Waals surface area contributed by atoms with Crippen LogP contribution in [-0.2, 0) is 6.42 Å². The molecule has 1 nitrogen and oxygen atoms in total. The van der Waals surface area contributed by atoms with Crippen LogP contribution in [0.2, 0.25) is 0 Å². The van der Waals surface area contributed by atoms with Crippen molar-refractivity contribution in [3.8, 4) is 22.3 Å². The van der Waals surface area contributed by atoms with Gasteiger partial charge in [-0.05, 0) is 78.6 Å². The van der Waals surface area contributed by atoms with E-state index in [1.807, 2.05) is 6.07 Å². The van der Waals surface area contributed by atoms with Gasteiger partial charge >= 0.3 is 0 Å². The van der Waals surface area contributed by atoms with E-state index < -0.39 is 0 Å². The Morgan fingerprint density at radius 2 is 1.64 bits per heavy atom. The first-order chi connectivity index (χ1) is 12.0. The molecular formula is C24H22O. The van der Waals surface area contributed by atoms with Crippen molar-refractivity contribution < 1.29 is 4.79 Å². The second kappa shape index (κ2) is 5.70. The Kier molecular flexibility index (Phi) is 3.61. The number of hydrogen-bond donors (Lipinski definition) is 0. The molecule has 0 radical (unpaired) electrons. The zero-order chi connectivity index (χ0) is 17.7. The number of benzene rings is 3. The van der Waals surface area contributed by atoms with Gasteiger partial charge in [0.05, 0.1) is 0 Å². The highest BCUT2D eigenvalue weighted by molar-refractivity contribution is 6.02. The van der Waals surface area contributed by atoms with Crippen molar-refractivity contribution in [3.05, 3.63) is 81.9 Å². The molecule has 1 heteroatoms. The molecule has 0 atom stereocenters. The molecule has 0 fully saturated rings. The van der Waals surface area contributed by atoms with Crippen LogP contribution in [0.4, 0.5) is 0 Å². The monoisotopic (exact) mass is 326 g/mol. The van der Waals surface area contributed by atoms with Crippen LogP contribution < -0.4 is 0 Å². The van der Waals surface area contributed by atoms with Gasteiger partial charge < -0.3 is 0 Å². The quantitative estimate of drug-likeness (QED) is 0.410. The highest BCUT2D eigenvalue weighted by atomic mass is 16.1. The maximum atomic E-state index is 12.2. The van der Waals surface area contributed by atoms with E-state index in [2.05, 4.69) is 63.2 Å². The summed E-state index contributed by atoms with van der Waals surface area (Å²) in [5.41, 5.74) is 12.3. The summed E-state index contributed by atoms with van der Waals surface area (Å²) in [4.78, 5) is 12.2. The number of rotatable bonds is 2. The van der Waals surface area contributed by atoms with Crippen molar-refractivity contribution in [3.63, 3.8) is 0 Å². The number of fused-ring (bicyclic) bond motifs is 3. The molecule has 0 saturated carbocycles. The van der Waals surface area contributed by atoms with Gasteiger partial charge in [0.1, 0.15) is 0 Å². The van der Waals surface area contributed by atoms with E-state index >= 15 is 0 Å². The highest BCUT2D eigenvalue weighted by Crippen LogP contribution is 2.45. The molecule has 0 unspecified atom stereocenters. The molecule has 4 rings (SSSR count). The lowest BCUT2D eigenvalue weighted by Gasteiger charge is -2.16. The summed E-state index contributed by atoms with van der Waals surface area (Å²) in [7, 11) is 0. The number of hydrogen-bond acceptors (Lipinski definition) is 1. The third-order valence-corrected chi connectivity index (χ3v) is 5.48. The zero-order valence-corrected chi connectivity index (χ0v) is 15.2. The maximum Gasteiger partial charge on any atom is 0.160 e. The number of aryl methyl sites for hydroxylation is 2. The second-order valence-corrected chi connectivity index (χ2v) is 7.16. The van der Waals surface area contributed by atoms with Gasteiger partial charge in [-0.25, -0.2) is 0 Å². The number of carbonyl (C=O) groups is 1. The Labute approximate surface area is 149 Å². The third-order valence-electron chi connectivity index (χ3n) is 5.48. The molecule has 0 bridgehead atoms. The van der Waals surface area contributed by atoms with Crippen LogP contribution in [0, 0.1) is 20.8 Å². The van der Waals surface area contributed by atoms with Gasteiger partial charge in [-0.3, -0.25) is 4.79 Å². The van der Waals surface area contributed by atoms with Crippen LogP contribution in [0.3, 0.4) is 0 Å². The molecular weight excluding hydrogens is 304 g/mol. The van der Waals surface area contributed by atoms with E-state index in [1.165, 1.54) is 50.1 Å². The Morgan fingerprint density at radius 1 is 0.880 bits per heavy atom. The normalized spacial score (nSPS) is 12.0. The van der Waals surface area contributed by atoms with Gasteiger partial charge in [-0.2, -0.15) is 0 Å². The Morgan fingerprint density at radius 3 is 2.40 bits per heavy atom. The summed E-state index contributed by atoms with van der Waals surface area (Å²) in [6, 6.07) is 17.2. The molecule has 25 heavy (non-hydrogen) atoms. The van der Waals surface area contributed by atoms with Crippen LogP contribution in [0.5, 0.6) is 0 Å². The Bertz CT molecular complexity index is 1020. The fraction of sp³-hybridized carbons (Fsp3) is 0.208. The average Bonchev–Trinajstić information content (AvgIpc) is 2.94.